The van der Waals surface area contributed by atoms with Gasteiger partial charge in [-0.3, -0.25) is 0 Å². The molecule has 4 rings (SSSR count). The van der Waals surface area contributed by atoms with Crippen LogP contribution in [0.15, 0.2) is 52.4 Å². The van der Waals surface area contributed by atoms with Crippen molar-refractivity contribution in [1.29, 1.82) is 0 Å². The third-order valence-corrected chi connectivity index (χ3v) is 4.99. The second kappa shape index (κ2) is 5.75. The zero-order valence-electron chi connectivity index (χ0n) is 12.6. The van der Waals surface area contributed by atoms with Gasteiger partial charge < -0.3 is 16.4 Å². The number of anilines is 2. The molecule has 4 N–H and O–H groups in total. The van der Waals surface area contributed by atoms with Gasteiger partial charge in [-0.05, 0) is 18.6 Å². The predicted molar refractivity (Wildman–Crippen MR) is 92.8 cm³/mol. The van der Waals surface area contributed by atoms with Gasteiger partial charge in [0, 0.05) is 30.1 Å². The lowest BCUT2D eigenvalue weighted by molar-refractivity contribution is 0.751. The van der Waals surface area contributed by atoms with Gasteiger partial charge >= 0.3 is 0 Å². The molecule has 3 heterocycles. The summed E-state index contributed by atoms with van der Waals surface area (Å²) in [6.07, 6.45) is 2.80. The van der Waals surface area contributed by atoms with Gasteiger partial charge in [0.2, 0.25) is 0 Å². The van der Waals surface area contributed by atoms with E-state index in [9.17, 15) is 0 Å². The van der Waals surface area contributed by atoms with Crippen molar-refractivity contribution in [2.45, 2.75) is 22.3 Å². The summed E-state index contributed by atoms with van der Waals surface area (Å²) in [5, 5.41) is 4.36. The largest absolute Gasteiger partial charge is 0.383 e. The van der Waals surface area contributed by atoms with Crippen LogP contribution in [0.4, 0.5) is 11.6 Å². The maximum Gasteiger partial charge on any atom is 0.173 e. The molecular formula is C16H18N6S. The van der Waals surface area contributed by atoms with E-state index in [-0.39, 0.29) is 6.04 Å². The number of hydrogen-bond donors (Lipinski definition) is 2. The third-order valence-electron chi connectivity index (χ3n) is 3.97. The molecule has 1 aromatic carbocycles. The van der Waals surface area contributed by atoms with Gasteiger partial charge in [0.25, 0.3) is 0 Å². The molecule has 0 saturated carbocycles. The lowest BCUT2D eigenvalue weighted by Crippen LogP contribution is -2.27. The summed E-state index contributed by atoms with van der Waals surface area (Å²) in [5.41, 5.74) is 12.9. The fourth-order valence-corrected chi connectivity index (χ4v) is 3.67. The minimum Gasteiger partial charge on any atom is -0.383 e. The van der Waals surface area contributed by atoms with Gasteiger partial charge in [-0.25, -0.2) is 4.98 Å². The highest BCUT2D eigenvalue weighted by atomic mass is 32.2. The van der Waals surface area contributed by atoms with E-state index in [0.29, 0.717) is 5.82 Å². The molecule has 0 aliphatic carbocycles. The van der Waals surface area contributed by atoms with E-state index >= 15 is 0 Å². The minimum absolute atomic E-state index is 0.206. The molecule has 7 heteroatoms. The van der Waals surface area contributed by atoms with Crippen LogP contribution in [0.1, 0.15) is 6.42 Å². The first-order valence-electron chi connectivity index (χ1n) is 7.58. The maximum absolute atomic E-state index is 6.16. The molecule has 118 valence electrons. The van der Waals surface area contributed by atoms with E-state index in [1.165, 1.54) is 0 Å². The van der Waals surface area contributed by atoms with Crippen LogP contribution in [0.3, 0.4) is 0 Å². The summed E-state index contributed by atoms with van der Waals surface area (Å²) in [6, 6.07) is 12.3. The highest BCUT2D eigenvalue weighted by Crippen LogP contribution is 2.32. The van der Waals surface area contributed by atoms with Crippen LogP contribution in [0, 0.1) is 0 Å². The average Bonchev–Trinajstić information content (AvgIpc) is 3.16. The molecule has 0 radical (unpaired) electrons. The summed E-state index contributed by atoms with van der Waals surface area (Å²) >= 11 is 1.64. The van der Waals surface area contributed by atoms with Gasteiger partial charge in [-0.1, -0.05) is 30.0 Å². The zero-order valence-corrected chi connectivity index (χ0v) is 13.4. The van der Waals surface area contributed by atoms with Crippen LogP contribution in [-0.2, 0) is 0 Å². The van der Waals surface area contributed by atoms with Crippen LogP contribution < -0.4 is 16.4 Å². The molecule has 23 heavy (non-hydrogen) atoms. The van der Waals surface area contributed by atoms with E-state index in [1.807, 2.05) is 30.5 Å². The number of rotatable bonds is 3. The van der Waals surface area contributed by atoms with E-state index in [4.69, 9.17) is 16.5 Å². The third kappa shape index (κ3) is 2.73. The topological polar surface area (TPSA) is 85.5 Å². The molecule has 1 unspecified atom stereocenters. The molecule has 2 aromatic heterocycles. The standard InChI is InChI=1S/C16H18N6S/c17-11-6-7-21(10-11)15-8-14(18)22-16(20-15)13(9-19-22)23-12-4-2-1-3-5-12/h1-5,8-9,11H,6-7,10,17-18H2. The number of nitrogen functional groups attached to an aromatic ring is 1. The van der Waals surface area contributed by atoms with Gasteiger partial charge in [0.15, 0.2) is 5.65 Å². The number of benzene rings is 1. The van der Waals surface area contributed by atoms with E-state index in [0.717, 1.165) is 40.8 Å². The van der Waals surface area contributed by atoms with Crippen molar-refractivity contribution < 1.29 is 0 Å². The second-order valence-corrected chi connectivity index (χ2v) is 6.81. The van der Waals surface area contributed by atoms with Crippen molar-refractivity contribution in [1.82, 2.24) is 14.6 Å². The monoisotopic (exact) mass is 326 g/mol. The lowest BCUT2D eigenvalue weighted by atomic mass is 10.3. The van der Waals surface area contributed by atoms with Crippen molar-refractivity contribution >= 4 is 29.0 Å². The first-order valence-corrected chi connectivity index (χ1v) is 8.40. The number of nitrogens with zero attached hydrogens (tertiary/aromatic N) is 4. The summed E-state index contributed by atoms with van der Waals surface area (Å²) < 4.78 is 1.69. The van der Waals surface area contributed by atoms with Crippen molar-refractivity contribution in [2.75, 3.05) is 23.7 Å². The summed E-state index contributed by atoms with van der Waals surface area (Å²) in [6.45, 7) is 1.73. The molecule has 6 nitrogen and oxygen atoms in total. The molecule has 1 aliphatic heterocycles. The molecule has 0 bridgehead atoms. The number of fused-ring (bicyclic) bond motifs is 1. The van der Waals surface area contributed by atoms with Crippen molar-refractivity contribution in [3.8, 4) is 0 Å². The van der Waals surface area contributed by atoms with Crippen molar-refractivity contribution in [2.24, 2.45) is 5.73 Å². The predicted octanol–water partition coefficient (Wildman–Crippen LogP) is 2.00. The molecule has 1 fully saturated rings. The van der Waals surface area contributed by atoms with Gasteiger partial charge in [0.1, 0.15) is 11.6 Å². The molecule has 1 atom stereocenters. The zero-order chi connectivity index (χ0) is 15.8. The maximum atomic E-state index is 6.16. The molecule has 0 spiro atoms. The highest BCUT2D eigenvalue weighted by Gasteiger charge is 2.22. The molecule has 0 amide bonds. The fourth-order valence-electron chi connectivity index (χ4n) is 2.80. The Balaban J connectivity index is 1.73. The Kier molecular flexibility index (Phi) is 3.59. The molecule has 1 aliphatic rings. The fraction of sp³-hybridized carbons (Fsp3) is 0.250. The normalized spacial score (nSPS) is 18.0. The van der Waals surface area contributed by atoms with E-state index < -0.39 is 0 Å². The first-order chi connectivity index (χ1) is 11.2. The van der Waals surface area contributed by atoms with Crippen LogP contribution >= 0.6 is 11.8 Å². The average molecular weight is 326 g/mol. The highest BCUT2D eigenvalue weighted by molar-refractivity contribution is 7.99. The summed E-state index contributed by atoms with van der Waals surface area (Å²) in [5.74, 6) is 1.46. The van der Waals surface area contributed by atoms with Gasteiger partial charge in [-0.15, -0.1) is 0 Å². The Labute approximate surface area is 138 Å². The molecular weight excluding hydrogens is 308 g/mol. The van der Waals surface area contributed by atoms with E-state index in [2.05, 4.69) is 22.1 Å². The number of aromatic nitrogens is 3. The Morgan fingerprint density at radius 2 is 2.04 bits per heavy atom. The molecule has 1 saturated heterocycles. The quantitative estimate of drug-likeness (QED) is 0.766. The number of hydrogen-bond acceptors (Lipinski definition) is 6. The summed E-state index contributed by atoms with van der Waals surface area (Å²) in [7, 11) is 0. The smallest absolute Gasteiger partial charge is 0.173 e. The minimum atomic E-state index is 0.206. The van der Waals surface area contributed by atoms with Crippen LogP contribution in [0.2, 0.25) is 0 Å². The van der Waals surface area contributed by atoms with Crippen LogP contribution in [0.25, 0.3) is 5.65 Å². The van der Waals surface area contributed by atoms with E-state index in [1.54, 1.807) is 16.3 Å². The van der Waals surface area contributed by atoms with Crippen LogP contribution in [-0.4, -0.2) is 33.7 Å². The Morgan fingerprint density at radius 1 is 1.22 bits per heavy atom. The number of nitrogens with two attached hydrogens (primary N) is 2. The Morgan fingerprint density at radius 3 is 2.78 bits per heavy atom. The Bertz CT molecular complexity index is 831. The van der Waals surface area contributed by atoms with Crippen molar-refractivity contribution in [3.63, 3.8) is 0 Å². The second-order valence-electron chi connectivity index (χ2n) is 5.69. The van der Waals surface area contributed by atoms with Crippen LogP contribution in [0.5, 0.6) is 0 Å². The summed E-state index contributed by atoms with van der Waals surface area (Å²) in [4.78, 5) is 9.11. The van der Waals surface area contributed by atoms with Gasteiger partial charge in [0.05, 0.1) is 11.1 Å². The lowest BCUT2D eigenvalue weighted by Gasteiger charge is -2.17. The van der Waals surface area contributed by atoms with Gasteiger partial charge in [-0.2, -0.15) is 9.61 Å². The SMILES string of the molecule is Nc1cc(N2CCC(N)C2)nc2c(Sc3ccccc3)cnn12. The molecule has 3 aromatic rings. The van der Waals surface area contributed by atoms with Crippen molar-refractivity contribution in [3.05, 3.63) is 42.6 Å². The Hall–Kier alpha value is -2.25. The first kappa shape index (κ1) is 14.3.